The summed E-state index contributed by atoms with van der Waals surface area (Å²) < 4.78 is 0. The Bertz CT molecular complexity index is 138. The van der Waals surface area contributed by atoms with E-state index in [1.807, 2.05) is 0 Å². The van der Waals surface area contributed by atoms with Crippen LogP contribution in [0.5, 0.6) is 0 Å². The zero-order valence-electron chi connectivity index (χ0n) is 13.5. The summed E-state index contributed by atoms with van der Waals surface area (Å²) in [6, 6.07) is 0. The Morgan fingerprint density at radius 3 is 1.00 bits per heavy atom. The Morgan fingerprint density at radius 2 is 1.00 bits per heavy atom. The molecule has 0 aliphatic carbocycles. The van der Waals surface area contributed by atoms with Crippen molar-refractivity contribution in [3.63, 3.8) is 0 Å². The van der Waals surface area contributed by atoms with Crippen molar-refractivity contribution in [2.24, 2.45) is 29.1 Å². The van der Waals surface area contributed by atoms with E-state index in [1.54, 1.807) is 0 Å². The summed E-state index contributed by atoms with van der Waals surface area (Å²) in [5.41, 5.74) is 0.522. The fourth-order valence-corrected chi connectivity index (χ4v) is 1.99. The first kappa shape index (κ1) is 18.4. The summed E-state index contributed by atoms with van der Waals surface area (Å²) in [6.07, 6.45) is 1.33. The lowest BCUT2D eigenvalue weighted by Crippen LogP contribution is -2.10. The Labute approximate surface area is 105 Å². The fourth-order valence-electron chi connectivity index (χ4n) is 1.99. The van der Waals surface area contributed by atoms with E-state index >= 15 is 0 Å². The molecule has 0 spiro atoms. The van der Waals surface area contributed by atoms with E-state index in [-0.39, 0.29) is 0 Å². The van der Waals surface area contributed by atoms with Gasteiger partial charge < -0.3 is 0 Å². The van der Waals surface area contributed by atoms with Gasteiger partial charge in [-0.25, -0.2) is 0 Å². The van der Waals surface area contributed by atoms with Crippen molar-refractivity contribution in [2.45, 2.75) is 75.7 Å². The number of rotatable bonds is 3. The van der Waals surface area contributed by atoms with Crippen molar-refractivity contribution < 1.29 is 0 Å². The summed E-state index contributed by atoms with van der Waals surface area (Å²) >= 11 is 0. The van der Waals surface area contributed by atoms with Crippen LogP contribution in [-0.4, -0.2) is 0 Å². The van der Waals surface area contributed by atoms with Gasteiger partial charge in [0.25, 0.3) is 0 Å². The maximum absolute atomic E-state index is 2.31. The van der Waals surface area contributed by atoms with E-state index in [0.29, 0.717) is 5.41 Å². The summed E-state index contributed by atoms with van der Waals surface area (Å²) in [5.74, 6) is 3.40. The van der Waals surface area contributed by atoms with Crippen LogP contribution in [0.1, 0.15) is 75.7 Å². The average molecular weight is 228 g/mol. The molecule has 0 rings (SSSR count). The zero-order valence-corrected chi connectivity index (χ0v) is 13.5. The van der Waals surface area contributed by atoms with Crippen LogP contribution in [0.15, 0.2) is 0 Å². The molecule has 0 bridgehead atoms. The van der Waals surface area contributed by atoms with Crippen LogP contribution in [0, 0.1) is 29.1 Å². The van der Waals surface area contributed by atoms with E-state index in [1.165, 1.54) is 6.42 Å². The Morgan fingerprint density at radius 1 is 0.688 bits per heavy atom. The minimum atomic E-state index is 0.522. The second kappa shape index (κ2) is 8.14. The van der Waals surface area contributed by atoms with Gasteiger partial charge in [0.15, 0.2) is 0 Å². The van der Waals surface area contributed by atoms with E-state index < -0.39 is 0 Å². The van der Waals surface area contributed by atoms with Gasteiger partial charge in [-0.1, -0.05) is 69.2 Å². The lowest BCUT2D eigenvalue weighted by atomic mass is 9.86. The number of hydrogen-bond donors (Lipinski definition) is 0. The van der Waals surface area contributed by atoms with Crippen LogP contribution in [-0.2, 0) is 0 Å². The summed E-state index contributed by atoms with van der Waals surface area (Å²) in [6.45, 7) is 22.8. The van der Waals surface area contributed by atoms with Crippen LogP contribution < -0.4 is 0 Å². The molecule has 0 N–H and O–H groups in total. The molecule has 0 heteroatoms. The molecule has 0 atom stereocenters. The summed E-state index contributed by atoms with van der Waals surface area (Å²) in [4.78, 5) is 0. The fraction of sp³-hybridized carbons (Fsp3) is 1.00. The van der Waals surface area contributed by atoms with Crippen LogP contribution in [0.4, 0.5) is 0 Å². The van der Waals surface area contributed by atoms with Gasteiger partial charge in [-0.3, -0.25) is 0 Å². The molecular formula is C16H36. The monoisotopic (exact) mass is 228 g/mol. The van der Waals surface area contributed by atoms with Crippen molar-refractivity contribution in [3.8, 4) is 0 Å². The van der Waals surface area contributed by atoms with Gasteiger partial charge in [0.1, 0.15) is 0 Å². The highest BCUT2D eigenvalue weighted by Crippen LogP contribution is 2.23. The Balaban J connectivity index is 0. The second-order valence-electron chi connectivity index (χ2n) is 7.51. The highest BCUT2D eigenvalue weighted by molar-refractivity contribution is 4.62. The molecule has 0 nitrogen and oxygen atoms in total. The lowest BCUT2D eigenvalue weighted by molar-refractivity contribution is 0.316. The van der Waals surface area contributed by atoms with Gasteiger partial charge in [-0.2, -0.15) is 0 Å². The maximum atomic E-state index is 2.31. The molecule has 0 aromatic carbocycles. The van der Waals surface area contributed by atoms with Crippen LogP contribution >= 0.6 is 0 Å². The predicted molar refractivity (Wildman–Crippen MR) is 77.8 cm³/mol. The van der Waals surface area contributed by atoms with Gasteiger partial charge in [-0.15, -0.1) is 0 Å². The number of hydrogen-bond acceptors (Lipinski definition) is 0. The minimum absolute atomic E-state index is 0.522. The third-order valence-corrected chi connectivity index (χ3v) is 3.12. The lowest BCUT2D eigenvalue weighted by Gasteiger charge is -2.19. The molecule has 0 aromatic rings. The molecule has 0 amide bonds. The predicted octanol–water partition coefficient (Wildman–Crippen LogP) is 6.01. The van der Waals surface area contributed by atoms with Crippen LogP contribution in [0.2, 0.25) is 0 Å². The Kier molecular flexibility index (Phi) is 9.35. The zero-order chi connectivity index (χ0) is 13.5. The Hall–Kier alpha value is 0. The van der Waals surface area contributed by atoms with Crippen LogP contribution in [0.3, 0.4) is 0 Å². The van der Waals surface area contributed by atoms with Gasteiger partial charge >= 0.3 is 0 Å². The van der Waals surface area contributed by atoms with Crippen molar-refractivity contribution >= 4 is 0 Å². The second-order valence-corrected chi connectivity index (χ2v) is 7.51. The van der Waals surface area contributed by atoms with Gasteiger partial charge in [0, 0.05) is 0 Å². The van der Waals surface area contributed by atoms with Gasteiger partial charge in [-0.05, 0) is 35.5 Å². The van der Waals surface area contributed by atoms with E-state index in [9.17, 15) is 0 Å². The van der Waals surface area contributed by atoms with E-state index in [0.717, 1.165) is 23.7 Å². The molecule has 0 aliphatic rings. The van der Waals surface area contributed by atoms with Crippen molar-refractivity contribution in [3.05, 3.63) is 0 Å². The maximum Gasteiger partial charge on any atom is -0.0380 e. The first-order valence-corrected chi connectivity index (χ1v) is 6.97. The van der Waals surface area contributed by atoms with Crippen LogP contribution in [0.25, 0.3) is 0 Å². The highest BCUT2D eigenvalue weighted by Gasteiger charge is 2.11. The first-order valence-electron chi connectivity index (χ1n) is 6.97. The topological polar surface area (TPSA) is 0 Å². The van der Waals surface area contributed by atoms with Crippen molar-refractivity contribution in [1.82, 2.24) is 0 Å². The molecule has 0 fully saturated rings. The van der Waals surface area contributed by atoms with Crippen molar-refractivity contribution in [1.29, 1.82) is 0 Å². The highest BCUT2D eigenvalue weighted by atomic mass is 14.2. The third kappa shape index (κ3) is 14.0. The minimum Gasteiger partial charge on any atom is -0.0628 e. The molecule has 0 heterocycles. The standard InChI is InChI=1S/2C8H18/c1-7(2)6-8(3,4)5;1-6(2)8(5)7(3)4/h7H,6H2,1-5H3;6-8H,1-5H3. The summed E-state index contributed by atoms with van der Waals surface area (Å²) in [7, 11) is 0. The van der Waals surface area contributed by atoms with Crippen molar-refractivity contribution in [2.75, 3.05) is 0 Å². The molecule has 100 valence electrons. The molecule has 0 saturated heterocycles. The molecule has 16 heavy (non-hydrogen) atoms. The van der Waals surface area contributed by atoms with E-state index in [4.69, 9.17) is 0 Å². The smallest absolute Gasteiger partial charge is 0.0380 e. The van der Waals surface area contributed by atoms with E-state index in [2.05, 4.69) is 69.2 Å². The first-order chi connectivity index (χ1) is 6.97. The third-order valence-electron chi connectivity index (χ3n) is 3.12. The quantitative estimate of drug-likeness (QED) is 0.554. The molecule has 0 saturated carbocycles. The average Bonchev–Trinajstić information content (AvgIpc) is 1.98. The molecular weight excluding hydrogens is 192 g/mol. The molecule has 0 radical (unpaired) electrons. The van der Waals surface area contributed by atoms with Gasteiger partial charge in [0.2, 0.25) is 0 Å². The molecule has 0 aromatic heterocycles. The largest absolute Gasteiger partial charge is 0.0628 e. The molecule has 0 aliphatic heterocycles. The SMILES string of the molecule is CC(C)C(C)C(C)C.CC(C)CC(C)(C)C. The normalized spacial score (nSPS) is 12.4. The van der Waals surface area contributed by atoms with Gasteiger partial charge in [0.05, 0.1) is 0 Å². The summed E-state index contributed by atoms with van der Waals surface area (Å²) in [5, 5.41) is 0. The molecule has 0 unspecified atom stereocenters.